The lowest BCUT2D eigenvalue weighted by molar-refractivity contribution is 0.0860. The van der Waals surface area contributed by atoms with Crippen molar-refractivity contribution < 1.29 is 4.79 Å². The molecule has 0 radical (unpaired) electrons. The lowest BCUT2D eigenvalue weighted by Crippen LogP contribution is -2.45. The number of likely N-dealkylation sites (N-methyl/N-ethyl adjacent to an activating group) is 1. The Bertz CT molecular complexity index is 365. The van der Waals surface area contributed by atoms with Crippen LogP contribution in [0.5, 0.6) is 0 Å². The summed E-state index contributed by atoms with van der Waals surface area (Å²) in [5, 5.41) is 7.58. The molecule has 1 saturated heterocycles. The largest absolute Gasteiger partial charge is 0.314 e. The molecular weight excluding hydrogens is 212 g/mol. The number of hydrogen-bond acceptors (Lipinski definition) is 5. The van der Waals surface area contributed by atoms with Crippen molar-refractivity contribution in [2.45, 2.75) is 6.04 Å². The minimum Gasteiger partial charge on any atom is -0.314 e. The van der Waals surface area contributed by atoms with Gasteiger partial charge in [0, 0.05) is 25.1 Å². The number of Topliss-reactive ketones (excluding diaryl/α,β-unsaturated/α-hetero) is 1. The maximum Gasteiger partial charge on any atom is 0.218 e. The Hall–Kier alpha value is -0.880. The van der Waals surface area contributed by atoms with Gasteiger partial charge >= 0.3 is 0 Å². The topological polar surface area (TPSA) is 51.0 Å². The highest BCUT2D eigenvalue weighted by molar-refractivity contribution is 7.99. The molecule has 1 aliphatic rings. The molecule has 1 aliphatic heterocycles. The zero-order valence-electron chi connectivity index (χ0n) is 8.88. The SMILES string of the molecule is CN1CCSCC1C(=O)c1nncn1C. The number of carbonyl (C=O) groups excluding carboxylic acids is 1. The zero-order valence-corrected chi connectivity index (χ0v) is 9.70. The van der Waals surface area contributed by atoms with Crippen molar-refractivity contribution >= 4 is 17.5 Å². The van der Waals surface area contributed by atoms with Crippen LogP contribution in [0.1, 0.15) is 10.6 Å². The molecule has 2 rings (SSSR count). The fraction of sp³-hybridized carbons (Fsp3) is 0.667. The third-order valence-electron chi connectivity index (χ3n) is 2.63. The molecule has 1 fully saturated rings. The van der Waals surface area contributed by atoms with Crippen molar-refractivity contribution in [2.24, 2.45) is 7.05 Å². The van der Waals surface area contributed by atoms with E-state index in [1.54, 1.807) is 17.9 Å². The number of ketones is 1. The summed E-state index contributed by atoms with van der Waals surface area (Å²) in [7, 11) is 3.78. The predicted molar refractivity (Wildman–Crippen MR) is 59.1 cm³/mol. The van der Waals surface area contributed by atoms with Crippen molar-refractivity contribution in [3.63, 3.8) is 0 Å². The zero-order chi connectivity index (χ0) is 10.8. The molecule has 0 saturated carbocycles. The van der Waals surface area contributed by atoms with Crippen LogP contribution in [0.15, 0.2) is 6.33 Å². The van der Waals surface area contributed by atoms with E-state index in [1.165, 1.54) is 0 Å². The normalized spacial score (nSPS) is 22.9. The average molecular weight is 226 g/mol. The Kier molecular flexibility index (Phi) is 3.06. The van der Waals surface area contributed by atoms with Gasteiger partial charge in [0.2, 0.25) is 11.6 Å². The van der Waals surface area contributed by atoms with E-state index in [2.05, 4.69) is 15.1 Å². The van der Waals surface area contributed by atoms with Crippen molar-refractivity contribution in [1.29, 1.82) is 0 Å². The van der Waals surface area contributed by atoms with Gasteiger partial charge in [-0.25, -0.2) is 0 Å². The number of hydrogen-bond donors (Lipinski definition) is 0. The Balaban J connectivity index is 2.17. The van der Waals surface area contributed by atoms with Crippen LogP contribution in [0.25, 0.3) is 0 Å². The van der Waals surface area contributed by atoms with Crippen LogP contribution in [-0.2, 0) is 7.05 Å². The molecule has 2 heterocycles. The number of nitrogens with zero attached hydrogens (tertiary/aromatic N) is 4. The Morgan fingerprint density at radius 3 is 3.00 bits per heavy atom. The van der Waals surface area contributed by atoms with E-state index >= 15 is 0 Å². The van der Waals surface area contributed by atoms with Gasteiger partial charge in [0.15, 0.2) is 0 Å². The van der Waals surface area contributed by atoms with E-state index in [4.69, 9.17) is 0 Å². The summed E-state index contributed by atoms with van der Waals surface area (Å²) in [5.74, 6) is 2.47. The lowest BCUT2D eigenvalue weighted by Gasteiger charge is -2.30. The van der Waals surface area contributed by atoms with E-state index in [9.17, 15) is 4.79 Å². The number of carbonyl (C=O) groups is 1. The van der Waals surface area contributed by atoms with E-state index in [-0.39, 0.29) is 11.8 Å². The van der Waals surface area contributed by atoms with Gasteiger partial charge in [0.25, 0.3) is 0 Å². The van der Waals surface area contributed by atoms with Crippen LogP contribution < -0.4 is 0 Å². The minimum atomic E-state index is -0.0494. The lowest BCUT2D eigenvalue weighted by atomic mass is 10.1. The highest BCUT2D eigenvalue weighted by Gasteiger charge is 2.29. The quantitative estimate of drug-likeness (QED) is 0.667. The molecular formula is C9H14N4OS. The molecule has 0 bridgehead atoms. The smallest absolute Gasteiger partial charge is 0.218 e. The first kappa shape index (κ1) is 10.6. The molecule has 0 aliphatic carbocycles. The highest BCUT2D eigenvalue weighted by Crippen LogP contribution is 2.17. The minimum absolute atomic E-state index is 0.0494. The van der Waals surface area contributed by atoms with Crippen molar-refractivity contribution in [1.82, 2.24) is 19.7 Å². The fourth-order valence-electron chi connectivity index (χ4n) is 1.62. The van der Waals surface area contributed by atoms with Crippen LogP contribution in [0, 0.1) is 0 Å². The monoisotopic (exact) mass is 226 g/mol. The maximum atomic E-state index is 12.1. The average Bonchev–Trinajstić information content (AvgIpc) is 2.64. The summed E-state index contributed by atoms with van der Waals surface area (Å²) in [4.78, 5) is 14.2. The second-order valence-electron chi connectivity index (χ2n) is 3.70. The Morgan fingerprint density at radius 2 is 2.40 bits per heavy atom. The van der Waals surface area contributed by atoms with Gasteiger partial charge in [-0.15, -0.1) is 10.2 Å². The maximum absolute atomic E-state index is 12.1. The highest BCUT2D eigenvalue weighted by atomic mass is 32.2. The van der Waals surface area contributed by atoms with Crippen LogP contribution in [-0.4, -0.2) is 56.6 Å². The van der Waals surface area contributed by atoms with E-state index in [0.717, 1.165) is 18.1 Å². The first-order valence-electron chi connectivity index (χ1n) is 4.86. The molecule has 1 aromatic heterocycles. The molecule has 1 aromatic rings. The summed E-state index contributed by atoms with van der Waals surface area (Å²) >= 11 is 1.82. The van der Waals surface area contributed by atoms with Gasteiger partial charge in [-0.3, -0.25) is 9.69 Å². The van der Waals surface area contributed by atoms with Gasteiger partial charge < -0.3 is 4.57 Å². The Morgan fingerprint density at radius 1 is 1.60 bits per heavy atom. The number of thioether (sulfide) groups is 1. The molecule has 0 N–H and O–H groups in total. The van der Waals surface area contributed by atoms with Crippen molar-refractivity contribution in [2.75, 3.05) is 25.1 Å². The second kappa shape index (κ2) is 4.32. The molecule has 1 atom stereocenters. The van der Waals surface area contributed by atoms with Crippen molar-refractivity contribution in [3.8, 4) is 0 Å². The summed E-state index contributed by atoms with van der Waals surface area (Å²) < 4.78 is 1.68. The number of aryl methyl sites for hydroxylation is 1. The van der Waals surface area contributed by atoms with Gasteiger partial charge in [-0.1, -0.05) is 0 Å². The van der Waals surface area contributed by atoms with E-state index in [1.807, 2.05) is 18.8 Å². The third kappa shape index (κ3) is 2.05. The van der Waals surface area contributed by atoms with Gasteiger partial charge in [-0.05, 0) is 7.05 Å². The van der Waals surface area contributed by atoms with Gasteiger partial charge in [0.05, 0.1) is 6.04 Å². The molecule has 1 unspecified atom stereocenters. The van der Waals surface area contributed by atoms with Gasteiger partial charge in [-0.2, -0.15) is 11.8 Å². The van der Waals surface area contributed by atoms with Crippen LogP contribution in [0.3, 0.4) is 0 Å². The third-order valence-corrected chi connectivity index (χ3v) is 3.65. The molecule has 0 amide bonds. The van der Waals surface area contributed by atoms with E-state index < -0.39 is 0 Å². The van der Waals surface area contributed by atoms with Crippen LogP contribution >= 0.6 is 11.8 Å². The standard InChI is InChI=1S/C9H14N4OS/c1-12-3-4-15-5-7(12)8(14)9-11-10-6-13(9)2/h6-7H,3-5H2,1-2H3. The molecule has 5 nitrogen and oxygen atoms in total. The first-order valence-corrected chi connectivity index (χ1v) is 6.02. The summed E-state index contributed by atoms with van der Waals surface area (Å²) in [6, 6.07) is -0.0494. The van der Waals surface area contributed by atoms with Crippen LogP contribution in [0.2, 0.25) is 0 Å². The molecule has 0 spiro atoms. The fourth-order valence-corrected chi connectivity index (χ4v) is 2.83. The van der Waals surface area contributed by atoms with Crippen LogP contribution in [0.4, 0.5) is 0 Å². The number of aromatic nitrogens is 3. The van der Waals surface area contributed by atoms with E-state index in [0.29, 0.717) is 5.82 Å². The van der Waals surface area contributed by atoms with Gasteiger partial charge in [0.1, 0.15) is 6.33 Å². The molecule has 15 heavy (non-hydrogen) atoms. The second-order valence-corrected chi connectivity index (χ2v) is 4.85. The molecule has 6 heteroatoms. The number of rotatable bonds is 2. The predicted octanol–water partition coefficient (Wildman–Crippen LogP) is 0.0450. The summed E-state index contributed by atoms with van der Waals surface area (Å²) in [6.07, 6.45) is 1.56. The molecule has 0 aromatic carbocycles. The Labute approximate surface area is 92.9 Å². The first-order chi connectivity index (χ1) is 7.20. The van der Waals surface area contributed by atoms with Crippen molar-refractivity contribution in [3.05, 3.63) is 12.2 Å². The molecule has 82 valence electrons. The summed E-state index contributed by atoms with van der Waals surface area (Å²) in [5.41, 5.74) is 0. The summed E-state index contributed by atoms with van der Waals surface area (Å²) in [6.45, 7) is 0.957.